The molecule has 0 amide bonds. The van der Waals surface area contributed by atoms with Gasteiger partial charge in [0, 0.05) is 36.3 Å². The SMILES string of the molecule is Cc1ncsc1CN1CC(c2nc(C3CC3)n[nH]2)C2(CCCC2)C1. The van der Waals surface area contributed by atoms with Crippen molar-refractivity contribution in [2.24, 2.45) is 5.41 Å². The Morgan fingerprint density at radius 2 is 2.17 bits per heavy atom. The minimum absolute atomic E-state index is 0.416. The molecule has 0 aromatic carbocycles. The van der Waals surface area contributed by atoms with E-state index < -0.39 is 0 Å². The zero-order valence-electron chi connectivity index (χ0n) is 14.3. The first-order valence-electron chi connectivity index (χ1n) is 9.27. The van der Waals surface area contributed by atoms with Gasteiger partial charge in [-0.2, -0.15) is 5.10 Å². The maximum Gasteiger partial charge on any atom is 0.153 e. The minimum Gasteiger partial charge on any atom is -0.297 e. The highest BCUT2D eigenvalue weighted by Gasteiger charge is 2.50. The van der Waals surface area contributed by atoms with Gasteiger partial charge in [0.2, 0.25) is 0 Å². The Kier molecular flexibility index (Phi) is 3.52. The average Bonchev–Trinajstić information content (AvgIpc) is 2.99. The largest absolute Gasteiger partial charge is 0.297 e. The van der Waals surface area contributed by atoms with E-state index in [9.17, 15) is 0 Å². The molecule has 128 valence electrons. The Bertz CT molecular complexity index is 725. The summed E-state index contributed by atoms with van der Waals surface area (Å²) >= 11 is 1.79. The molecule has 5 rings (SSSR count). The van der Waals surface area contributed by atoms with Gasteiger partial charge in [0.05, 0.1) is 11.2 Å². The molecule has 2 saturated carbocycles. The van der Waals surface area contributed by atoms with Crippen molar-refractivity contribution < 1.29 is 0 Å². The number of nitrogens with one attached hydrogen (secondary N) is 1. The first kappa shape index (κ1) is 15.0. The lowest BCUT2D eigenvalue weighted by Gasteiger charge is -2.28. The molecule has 24 heavy (non-hydrogen) atoms. The summed E-state index contributed by atoms with van der Waals surface area (Å²) in [4.78, 5) is 13.4. The normalized spacial score (nSPS) is 26.6. The van der Waals surface area contributed by atoms with Crippen molar-refractivity contribution in [3.8, 4) is 0 Å². The molecule has 1 unspecified atom stereocenters. The van der Waals surface area contributed by atoms with Crippen molar-refractivity contribution >= 4 is 11.3 Å². The summed E-state index contributed by atoms with van der Waals surface area (Å²) in [5.74, 6) is 3.37. The van der Waals surface area contributed by atoms with Crippen molar-refractivity contribution in [1.82, 2.24) is 25.1 Å². The Morgan fingerprint density at radius 3 is 2.88 bits per heavy atom. The van der Waals surface area contributed by atoms with Gasteiger partial charge in [-0.1, -0.05) is 12.8 Å². The number of aromatic amines is 1. The fraction of sp³-hybridized carbons (Fsp3) is 0.722. The predicted octanol–water partition coefficient (Wildman–Crippen LogP) is 3.61. The van der Waals surface area contributed by atoms with Crippen molar-refractivity contribution in [2.75, 3.05) is 13.1 Å². The lowest BCUT2D eigenvalue weighted by atomic mass is 9.76. The summed E-state index contributed by atoms with van der Waals surface area (Å²) in [7, 11) is 0. The molecule has 2 aromatic heterocycles. The average molecular weight is 344 g/mol. The third kappa shape index (κ3) is 2.51. The van der Waals surface area contributed by atoms with Crippen molar-refractivity contribution in [3.05, 3.63) is 27.7 Å². The molecule has 0 radical (unpaired) electrons. The lowest BCUT2D eigenvalue weighted by Crippen LogP contribution is -2.27. The summed E-state index contributed by atoms with van der Waals surface area (Å²) < 4.78 is 0. The van der Waals surface area contributed by atoms with Crippen molar-refractivity contribution in [2.45, 2.75) is 63.8 Å². The number of likely N-dealkylation sites (tertiary alicyclic amines) is 1. The van der Waals surface area contributed by atoms with Crippen molar-refractivity contribution in [3.63, 3.8) is 0 Å². The molecule has 1 aliphatic heterocycles. The summed E-state index contributed by atoms with van der Waals surface area (Å²) in [6.45, 7) is 5.48. The number of thiazole rings is 1. The van der Waals surface area contributed by atoms with Crippen LogP contribution in [0.25, 0.3) is 0 Å². The van der Waals surface area contributed by atoms with Gasteiger partial charge in [0.1, 0.15) is 5.82 Å². The van der Waals surface area contributed by atoms with Crippen LogP contribution in [-0.2, 0) is 6.54 Å². The van der Waals surface area contributed by atoms with E-state index in [1.165, 1.54) is 55.6 Å². The van der Waals surface area contributed by atoms with Gasteiger partial charge >= 0.3 is 0 Å². The van der Waals surface area contributed by atoms with Gasteiger partial charge in [-0.25, -0.2) is 9.97 Å². The highest BCUT2D eigenvalue weighted by molar-refractivity contribution is 7.09. The van der Waals surface area contributed by atoms with Crippen LogP contribution in [0.2, 0.25) is 0 Å². The maximum atomic E-state index is 4.92. The van der Waals surface area contributed by atoms with Gasteiger partial charge in [-0.05, 0) is 38.0 Å². The molecule has 3 aliphatic rings. The second-order valence-electron chi connectivity index (χ2n) is 8.01. The van der Waals surface area contributed by atoms with Crippen LogP contribution in [0.1, 0.15) is 72.6 Å². The summed E-state index contributed by atoms with van der Waals surface area (Å²) in [5, 5.41) is 7.84. The third-order valence-electron chi connectivity index (χ3n) is 6.32. The number of hydrogen-bond donors (Lipinski definition) is 1. The van der Waals surface area contributed by atoms with E-state index in [2.05, 4.69) is 27.0 Å². The molecule has 3 heterocycles. The van der Waals surface area contributed by atoms with Crippen LogP contribution in [-0.4, -0.2) is 38.2 Å². The van der Waals surface area contributed by atoms with Crippen LogP contribution < -0.4 is 0 Å². The van der Waals surface area contributed by atoms with Gasteiger partial charge in [-0.15, -0.1) is 11.3 Å². The topological polar surface area (TPSA) is 57.7 Å². The second kappa shape index (κ2) is 5.63. The van der Waals surface area contributed by atoms with Crippen LogP contribution >= 0.6 is 11.3 Å². The van der Waals surface area contributed by atoms with E-state index in [0.717, 1.165) is 24.7 Å². The zero-order chi connectivity index (χ0) is 16.1. The van der Waals surface area contributed by atoms with Crippen molar-refractivity contribution in [1.29, 1.82) is 0 Å². The van der Waals surface area contributed by atoms with Gasteiger partial charge < -0.3 is 0 Å². The molecule has 0 bridgehead atoms. The maximum absolute atomic E-state index is 4.92. The predicted molar refractivity (Wildman–Crippen MR) is 94.1 cm³/mol. The number of hydrogen-bond acceptors (Lipinski definition) is 5. The Labute approximate surface area is 146 Å². The van der Waals surface area contributed by atoms with Crippen LogP contribution in [0.5, 0.6) is 0 Å². The number of nitrogens with zero attached hydrogens (tertiary/aromatic N) is 4. The Morgan fingerprint density at radius 1 is 1.33 bits per heavy atom. The molecule has 2 aromatic rings. The lowest BCUT2D eigenvalue weighted by molar-refractivity contribution is 0.245. The van der Waals surface area contributed by atoms with E-state index in [4.69, 9.17) is 4.98 Å². The van der Waals surface area contributed by atoms with E-state index in [-0.39, 0.29) is 0 Å². The van der Waals surface area contributed by atoms with Crippen LogP contribution in [0.4, 0.5) is 0 Å². The van der Waals surface area contributed by atoms with E-state index in [1.807, 2.05) is 5.51 Å². The van der Waals surface area contributed by atoms with Crippen LogP contribution in [0, 0.1) is 12.3 Å². The molecule has 5 nitrogen and oxygen atoms in total. The molecule has 2 aliphatic carbocycles. The first-order valence-corrected chi connectivity index (χ1v) is 10.1. The molecular weight excluding hydrogens is 318 g/mol. The quantitative estimate of drug-likeness (QED) is 0.921. The molecule has 1 spiro atoms. The van der Waals surface area contributed by atoms with Gasteiger partial charge in [0.15, 0.2) is 5.82 Å². The Hall–Kier alpha value is -1.27. The molecule has 6 heteroatoms. The molecular formula is C18H25N5S. The van der Waals surface area contributed by atoms with Gasteiger partial charge in [-0.3, -0.25) is 10.00 Å². The number of aryl methyl sites for hydroxylation is 1. The van der Waals surface area contributed by atoms with E-state index in [1.54, 1.807) is 11.3 Å². The standard InChI is InChI=1S/C18H25N5S/c1-12-15(24-11-19-12)9-23-8-14(18(10-23)6-2-3-7-18)17-20-16(21-22-17)13-4-5-13/h11,13-14H,2-10H2,1H3,(H,20,21,22). The molecule has 1 N–H and O–H groups in total. The molecule has 1 saturated heterocycles. The first-order chi connectivity index (χ1) is 11.7. The molecule has 3 fully saturated rings. The van der Waals surface area contributed by atoms with Crippen LogP contribution in [0.3, 0.4) is 0 Å². The second-order valence-corrected chi connectivity index (χ2v) is 8.95. The zero-order valence-corrected chi connectivity index (χ0v) is 15.1. The summed E-state index contributed by atoms with van der Waals surface area (Å²) in [5.41, 5.74) is 3.58. The third-order valence-corrected chi connectivity index (χ3v) is 7.24. The van der Waals surface area contributed by atoms with E-state index in [0.29, 0.717) is 17.3 Å². The summed E-state index contributed by atoms with van der Waals surface area (Å²) in [6.07, 6.45) is 7.96. The smallest absolute Gasteiger partial charge is 0.153 e. The number of H-pyrrole nitrogens is 1. The monoisotopic (exact) mass is 343 g/mol. The highest BCUT2D eigenvalue weighted by Crippen LogP contribution is 2.53. The summed E-state index contributed by atoms with van der Waals surface area (Å²) in [6, 6.07) is 0. The number of rotatable bonds is 4. The minimum atomic E-state index is 0.416. The molecule has 1 atom stereocenters. The van der Waals surface area contributed by atoms with Crippen LogP contribution in [0.15, 0.2) is 5.51 Å². The van der Waals surface area contributed by atoms with Gasteiger partial charge in [0.25, 0.3) is 0 Å². The fourth-order valence-electron chi connectivity index (χ4n) is 4.80. The van der Waals surface area contributed by atoms with E-state index >= 15 is 0 Å². The highest BCUT2D eigenvalue weighted by atomic mass is 32.1. The fourth-order valence-corrected chi connectivity index (χ4v) is 5.62. The Balaban J connectivity index is 1.40. The number of aromatic nitrogens is 4.